The zero-order chi connectivity index (χ0) is 15.6. The van der Waals surface area contributed by atoms with Crippen molar-refractivity contribution < 1.29 is 9.59 Å². The number of hydrogen-bond acceptors (Lipinski definition) is 2. The molecule has 2 amide bonds. The summed E-state index contributed by atoms with van der Waals surface area (Å²) in [6.45, 7) is 8.45. The molecular formula is C17H24N2O2. The normalized spacial score (nSPS) is 18.1. The summed E-state index contributed by atoms with van der Waals surface area (Å²) in [7, 11) is 0. The molecule has 0 aromatic heterocycles. The smallest absolute Gasteiger partial charge is 0.247 e. The van der Waals surface area contributed by atoms with E-state index in [1.54, 1.807) is 4.90 Å². The van der Waals surface area contributed by atoms with E-state index < -0.39 is 0 Å². The largest absolute Gasteiger partial charge is 0.330 e. The Labute approximate surface area is 126 Å². The average molecular weight is 288 g/mol. The topological polar surface area (TPSA) is 49.4 Å². The van der Waals surface area contributed by atoms with Gasteiger partial charge in [-0.2, -0.15) is 0 Å². The van der Waals surface area contributed by atoms with Crippen LogP contribution in [0.5, 0.6) is 0 Å². The van der Waals surface area contributed by atoms with Gasteiger partial charge < -0.3 is 10.2 Å². The quantitative estimate of drug-likeness (QED) is 0.929. The van der Waals surface area contributed by atoms with Gasteiger partial charge in [0.15, 0.2) is 0 Å². The second-order valence-electron chi connectivity index (χ2n) is 6.21. The number of hydrogen-bond donors (Lipinski definition) is 1. The van der Waals surface area contributed by atoms with E-state index in [1.165, 1.54) is 0 Å². The van der Waals surface area contributed by atoms with Crippen LogP contribution in [-0.4, -0.2) is 29.3 Å². The van der Waals surface area contributed by atoms with E-state index in [0.29, 0.717) is 6.54 Å². The number of carbonyl (C=O) groups is 2. The first kappa shape index (κ1) is 15.5. The first-order chi connectivity index (χ1) is 9.88. The van der Waals surface area contributed by atoms with Crippen molar-refractivity contribution in [3.63, 3.8) is 0 Å². The Morgan fingerprint density at radius 3 is 2.38 bits per heavy atom. The molecule has 0 radical (unpaired) electrons. The van der Waals surface area contributed by atoms with Crippen LogP contribution >= 0.6 is 0 Å². The van der Waals surface area contributed by atoms with Gasteiger partial charge in [0, 0.05) is 18.2 Å². The zero-order valence-electron chi connectivity index (χ0n) is 13.3. The molecule has 0 aliphatic carbocycles. The molecule has 0 bridgehead atoms. The summed E-state index contributed by atoms with van der Waals surface area (Å²) >= 11 is 0. The second-order valence-corrected chi connectivity index (χ2v) is 6.21. The highest BCUT2D eigenvalue weighted by molar-refractivity contribution is 5.97. The Kier molecular flexibility index (Phi) is 4.66. The van der Waals surface area contributed by atoms with Gasteiger partial charge in [-0.05, 0) is 49.9 Å². The van der Waals surface area contributed by atoms with Crippen LogP contribution < -0.4 is 5.32 Å². The molecule has 1 atom stereocenters. The monoisotopic (exact) mass is 288 g/mol. The van der Waals surface area contributed by atoms with Crippen molar-refractivity contribution in [2.24, 2.45) is 5.92 Å². The predicted octanol–water partition coefficient (Wildman–Crippen LogP) is 2.89. The Bertz CT molecular complexity index is 531. The van der Waals surface area contributed by atoms with Crippen LogP contribution in [0.15, 0.2) is 18.2 Å². The number of amides is 2. The highest BCUT2D eigenvalue weighted by Crippen LogP contribution is 2.22. The minimum Gasteiger partial charge on any atom is -0.330 e. The fourth-order valence-electron chi connectivity index (χ4n) is 2.91. The van der Waals surface area contributed by atoms with Gasteiger partial charge in [-0.25, -0.2) is 0 Å². The van der Waals surface area contributed by atoms with E-state index in [2.05, 4.69) is 11.4 Å². The first-order valence-electron chi connectivity index (χ1n) is 7.58. The van der Waals surface area contributed by atoms with Gasteiger partial charge in [0.25, 0.3) is 0 Å². The lowest BCUT2D eigenvalue weighted by Crippen LogP contribution is -2.44. The third-order valence-electron chi connectivity index (χ3n) is 3.82. The lowest BCUT2D eigenvalue weighted by atomic mass is 10.1. The third-order valence-corrected chi connectivity index (χ3v) is 3.82. The van der Waals surface area contributed by atoms with Crippen molar-refractivity contribution in [3.05, 3.63) is 29.3 Å². The molecule has 4 nitrogen and oxygen atoms in total. The van der Waals surface area contributed by atoms with Crippen molar-refractivity contribution in [1.82, 2.24) is 4.90 Å². The number of likely N-dealkylation sites (tertiary alicyclic amines) is 1. The highest BCUT2D eigenvalue weighted by Gasteiger charge is 2.34. The molecule has 2 rings (SSSR count). The summed E-state index contributed by atoms with van der Waals surface area (Å²) in [5, 5.41) is 2.96. The number of anilines is 1. The molecule has 1 aliphatic rings. The van der Waals surface area contributed by atoms with Gasteiger partial charge in [-0.1, -0.05) is 19.9 Å². The summed E-state index contributed by atoms with van der Waals surface area (Å²) in [6, 6.07) is 5.64. The summed E-state index contributed by atoms with van der Waals surface area (Å²) in [5.74, 6) is -0.0841. The third kappa shape index (κ3) is 3.63. The number of aryl methyl sites for hydroxylation is 2. The molecule has 1 heterocycles. The molecule has 114 valence electrons. The van der Waals surface area contributed by atoms with Crippen LogP contribution in [-0.2, 0) is 9.59 Å². The summed E-state index contributed by atoms with van der Waals surface area (Å²) in [4.78, 5) is 26.4. The maximum atomic E-state index is 12.5. The Balaban J connectivity index is 2.10. The van der Waals surface area contributed by atoms with Gasteiger partial charge >= 0.3 is 0 Å². The molecule has 0 spiro atoms. The number of rotatable bonds is 3. The van der Waals surface area contributed by atoms with Crippen molar-refractivity contribution in [1.29, 1.82) is 0 Å². The number of carbonyl (C=O) groups excluding carboxylic acids is 2. The van der Waals surface area contributed by atoms with Gasteiger partial charge in [0.2, 0.25) is 11.8 Å². The zero-order valence-corrected chi connectivity index (χ0v) is 13.3. The van der Waals surface area contributed by atoms with E-state index in [1.807, 2.05) is 39.8 Å². The lowest BCUT2D eigenvalue weighted by molar-refractivity contribution is -0.139. The molecule has 4 heteroatoms. The minimum absolute atomic E-state index is 0.0630. The van der Waals surface area contributed by atoms with E-state index in [0.717, 1.165) is 29.7 Å². The fraction of sp³-hybridized carbons (Fsp3) is 0.529. The van der Waals surface area contributed by atoms with Gasteiger partial charge in [-0.3, -0.25) is 9.59 Å². The number of nitrogens with one attached hydrogen (secondary N) is 1. The molecule has 0 saturated carbocycles. The molecule has 1 aromatic rings. The lowest BCUT2D eigenvalue weighted by Gasteiger charge is -2.25. The number of nitrogens with zero attached hydrogens (tertiary/aromatic N) is 1. The van der Waals surface area contributed by atoms with Crippen LogP contribution in [0.4, 0.5) is 5.69 Å². The van der Waals surface area contributed by atoms with E-state index in [-0.39, 0.29) is 23.8 Å². The van der Waals surface area contributed by atoms with Crippen molar-refractivity contribution >= 4 is 17.5 Å². The molecule has 1 fully saturated rings. The predicted molar refractivity (Wildman–Crippen MR) is 84.1 cm³/mol. The van der Waals surface area contributed by atoms with Crippen LogP contribution in [0.2, 0.25) is 0 Å². The summed E-state index contributed by atoms with van der Waals surface area (Å²) in [6.07, 6.45) is 1.64. The standard InChI is InChI=1S/C17H24N2O2/c1-11(2)17(21)19-7-5-6-15(19)16(20)18-14-9-12(3)8-13(4)10-14/h8-11,15H,5-7H2,1-4H3,(H,18,20)/t15-/m0/s1. The fourth-order valence-corrected chi connectivity index (χ4v) is 2.91. The molecule has 21 heavy (non-hydrogen) atoms. The maximum Gasteiger partial charge on any atom is 0.247 e. The Morgan fingerprint density at radius 1 is 1.19 bits per heavy atom. The molecule has 1 N–H and O–H groups in total. The van der Waals surface area contributed by atoms with Gasteiger partial charge in [0.05, 0.1) is 0 Å². The number of benzene rings is 1. The molecule has 0 unspecified atom stereocenters. The summed E-state index contributed by atoms with van der Waals surface area (Å²) in [5.41, 5.74) is 3.04. The Hall–Kier alpha value is -1.84. The maximum absolute atomic E-state index is 12.5. The second kappa shape index (κ2) is 6.29. The summed E-state index contributed by atoms with van der Waals surface area (Å²) < 4.78 is 0. The van der Waals surface area contributed by atoms with Gasteiger partial charge in [0.1, 0.15) is 6.04 Å². The minimum atomic E-state index is -0.333. The van der Waals surface area contributed by atoms with Crippen molar-refractivity contribution in [2.45, 2.75) is 46.6 Å². The first-order valence-corrected chi connectivity index (χ1v) is 7.58. The SMILES string of the molecule is Cc1cc(C)cc(NC(=O)[C@@H]2CCCN2C(=O)C(C)C)c1. The van der Waals surface area contributed by atoms with Crippen molar-refractivity contribution in [2.75, 3.05) is 11.9 Å². The van der Waals surface area contributed by atoms with Crippen LogP contribution in [0.3, 0.4) is 0 Å². The van der Waals surface area contributed by atoms with E-state index in [4.69, 9.17) is 0 Å². The molecule has 1 aromatic carbocycles. The van der Waals surface area contributed by atoms with Crippen LogP contribution in [0.25, 0.3) is 0 Å². The average Bonchev–Trinajstić information content (AvgIpc) is 2.85. The molecule has 1 saturated heterocycles. The van der Waals surface area contributed by atoms with E-state index >= 15 is 0 Å². The Morgan fingerprint density at radius 2 is 1.81 bits per heavy atom. The highest BCUT2D eigenvalue weighted by atomic mass is 16.2. The van der Waals surface area contributed by atoms with E-state index in [9.17, 15) is 9.59 Å². The molecule has 1 aliphatic heterocycles. The molecular weight excluding hydrogens is 264 g/mol. The van der Waals surface area contributed by atoms with Crippen LogP contribution in [0, 0.1) is 19.8 Å². The van der Waals surface area contributed by atoms with Gasteiger partial charge in [-0.15, -0.1) is 0 Å². The van der Waals surface area contributed by atoms with Crippen molar-refractivity contribution in [3.8, 4) is 0 Å². The van der Waals surface area contributed by atoms with Crippen LogP contribution in [0.1, 0.15) is 37.8 Å².